The number of carbonyl (C=O) groups excluding carboxylic acids is 2. The van der Waals surface area contributed by atoms with Gasteiger partial charge in [-0.15, -0.1) is 0 Å². The highest BCUT2D eigenvalue weighted by molar-refractivity contribution is 6.07. The minimum Gasteiger partial charge on any atom is -0.404 e. The van der Waals surface area contributed by atoms with Crippen LogP contribution in [-0.2, 0) is 4.79 Å². The third kappa shape index (κ3) is 4.80. The Hall–Kier alpha value is -3.53. The number of nitrogens with zero attached hydrogens (tertiary/aromatic N) is 1. The molecule has 1 heterocycles. The summed E-state index contributed by atoms with van der Waals surface area (Å²) in [5, 5.41) is 11.2. The first-order valence-electron chi connectivity index (χ1n) is 7.95. The van der Waals surface area contributed by atoms with Gasteiger partial charge in [0.25, 0.3) is 5.91 Å². The van der Waals surface area contributed by atoms with Gasteiger partial charge in [-0.2, -0.15) is 13.2 Å². The van der Waals surface area contributed by atoms with Gasteiger partial charge < -0.3 is 11.1 Å². The van der Waals surface area contributed by atoms with Gasteiger partial charge in [0, 0.05) is 40.6 Å². The number of pyridine rings is 1. The molecule has 6 N–H and O–H groups in total. The maximum atomic E-state index is 12.5. The largest absolute Gasteiger partial charge is 0.432 e. The van der Waals surface area contributed by atoms with Crippen molar-refractivity contribution in [3.8, 4) is 0 Å². The highest BCUT2D eigenvalue weighted by Gasteiger charge is 2.33. The second-order valence-corrected chi connectivity index (χ2v) is 5.63. The molecule has 7 nitrogen and oxygen atoms in total. The van der Waals surface area contributed by atoms with Crippen LogP contribution in [0.3, 0.4) is 0 Å². The number of aldehydes is 1. The molecule has 1 aromatic carbocycles. The van der Waals surface area contributed by atoms with Gasteiger partial charge in [-0.25, -0.2) is 0 Å². The Morgan fingerprint density at radius 2 is 2.00 bits per heavy atom. The summed E-state index contributed by atoms with van der Waals surface area (Å²) in [6, 6.07) is 6.20. The Balaban J connectivity index is 2.28. The first kappa shape index (κ1) is 20.8. The maximum Gasteiger partial charge on any atom is 0.432 e. The van der Waals surface area contributed by atoms with E-state index in [1.54, 1.807) is 12.1 Å². The topological polar surface area (TPSA) is 126 Å². The number of nitrogens with two attached hydrogens (primary N) is 2. The van der Waals surface area contributed by atoms with Crippen molar-refractivity contribution in [2.45, 2.75) is 6.18 Å². The Bertz CT molecular complexity index is 996. The van der Waals surface area contributed by atoms with Crippen LogP contribution in [0.4, 0.5) is 13.2 Å². The molecule has 1 amide bonds. The lowest BCUT2D eigenvalue weighted by Crippen LogP contribution is -2.81. The molecule has 0 saturated heterocycles. The molecule has 2 rings (SSSR count). The number of nitrogens with one attached hydrogen (secondary N) is 2. The number of hydrogen-bond donors (Lipinski definition) is 4. The van der Waals surface area contributed by atoms with E-state index in [4.69, 9.17) is 11.1 Å². The van der Waals surface area contributed by atoms with Crippen molar-refractivity contribution in [1.82, 2.24) is 10.3 Å². The number of quaternary nitrogens is 1. The fourth-order valence-electron chi connectivity index (χ4n) is 2.26. The molecule has 0 fully saturated rings. The summed E-state index contributed by atoms with van der Waals surface area (Å²) < 4.78 is 37.5. The van der Waals surface area contributed by atoms with Crippen molar-refractivity contribution >= 4 is 34.4 Å². The average Bonchev–Trinajstić information content (AvgIpc) is 2.66. The molecule has 0 aliphatic carbocycles. The van der Waals surface area contributed by atoms with Crippen LogP contribution in [0.25, 0.3) is 16.5 Å². The quantitative estimate of drug-likeness (QED) is 0.333. The lowest BCUT2D eigenvalue weighted by atomic mass is 10.1. The molecular weight excluding hydrogens is 375 g/mol. The van der Waals surface area contributed by atoms with Crippen molar-refractivity contribution in [1.29, 1.82) is 5.41 Å². The van der Waals surface area contributed by atoms with Gasteiger partial charge in [0.1, 0.15) is 5.71 Å². The zero-order valence-corrected chi connectivity index (χ0v) is 14.7. The molecule has 0 spiro atoms. The first-order chi connectivity index (χ1) is 13.2. The molecule has 0 aliphatic rings. The summed E-state index contributed by atoms with van der Waals surface area (Å²) >= 11 is 0. The number of alkyl halides is 3. The Labute approximate surface area is 157 Å². The Morgan fingerprint density at radius 3 is 2.57 bits per heavy atom. The summed E-state index contributed by atoms with van der Waals surface area (Å²) in [5.41, 5.74) is 5.20. The van der Waals surface area contributed by atoms with E-state index in [-0.39, 0.29) is 17.0 Å². The normalized spacial score (nSPS) is 12.7. The number of amides is 1. The third-order valence-electron chi connectivity index (χ3n) is 3.76. The van der Waals surface area contributed by atoms with Crippen LogP contribution < -0.4 is 16.4 Å². The molecule has 28 heavy (non-hydrogen) atoms. The fourth-order valence-corrected chi connectivity index (χ4v) is 2.26. The summed E-state index contributed by atoms with van der Waals surface area (Å²) in [7, 11) is 1.44. The summed E-state index contributed by atoms with van der Waals surface area (Å²) in [4.78, 5) is 27.5. The van der Waals surface area contributed by atoms with E-state index in [9.17, 15) is 22.8 Å². The number of allylic oxidation sites excluding steroid dienone is 2. The second-order valence-electron chi connectivity index (χ2n) is 5.63. The lowest BCUT2D eigenvalue weighted by molar-refractivity contribution is -0.580. The molecule has 0 saturated carbocycles. The monoisotopic (exact) mass is 392 g/mol. The van der Waals surface area contributed by atoms with Crippen molar-refractivity contribution in [2.24, 2.45) is 5.73 Å². The highest BCUT2D eigenvalue weighted by Crippen LogP contribution is 2.19. The zero-order valence-electron chi connectivity index (χ0n) is 14.7. The van der Waals surface area contributed by atoms with Crippen LogP contribution in [-0.4, -0.2) is 36.1 Å². The van der Waals surface area contributed by atoms with Crippen LogP contribution >= 0.6 is 0 Å². The summed E-state index contributed by atoms with van der Waals surface area (Å²) in [6.45, 7) is 0. The number of carbonyl (C=O) groups is 2. The molecule has 2 aromatic rings. The predicted molar refractivity (Wildman–Crippen MR) is 97.2 cm³/mol. The second kappa shape index (κ2) is 8.44. The Morgan fingerprint density at radius 1 is 1.29 bits per heavy atom. The predicted octanol–water partition coefficient (Wildman–Crippen LogP) is 1.08. The van der Waals surface area contributed by atoms with E-state index in [0.717, 1.165) is 6.20 Å². The smallest absolute Gasteiger partial charge is 0.404 e. The van der Waals surface area contributed by atoms with Crippen molar-refractivity contribution in [3.05, 3.63) is 59.7 Å². The Kier molecular flexibility index (Phi) is 6.26. The van der Waals surface area contributed by atoms with Crippen LogP contribution in [0.2, 0.25) is 0 Å². The minimum absolute atomic E-state index is 0.153. The number of hydrogen-bond acceptors (Lipinski definition) is 5. The number of halogens is 3. The molecule has 0 bridgehead atoms. The van der Waals surface area contributed by atoms with Crippen molar-refractivity contribution in [2.75, 3.05) is 7.05 Å². The van der Waals surface area contributed by atoms with E-state index < -0.39 is 17.8 Å². The van der Waals surface area contributed by atoms with E-state index in [0.29, 0.717) is 28.8 Å². The van der Waals surface area contributed by atoms with Gasteiger partial charge in [0.15, 0.2) is 6.29 Å². The third-order valence-corrected chi connectivity index (χ3v) is 3.76. The van der Waals surface area contributed by atoms with E-state index in [1.165, 1.54) is 30.7 Å². The average molecular weight is 392 g/mol. The van der Waals surface area contributed by atoms with Crippen molar-refractivity contribution < 1.29 is 28.1 Å². The van der Waals surface area contributed by atoms with E-state index in [2.05, 4.69) is 10.3 Å². The molecule has 1 aromatic heterocycles. The number of aromatic nitrogens is 1. The summed E-state index contributed by atoms with van der Waals surface area (Å²) in [5.74, 6) is -0.804. The van der Waals surface area contributed by atoms with Crippen LogP contribution in [0.5, 0.6) is 0 Å². The molecule has 10 heteroatoms. The molecule has 0 radical (unpaired) electrons. The molecule has 0 aliphatic heterocycles. The van der Waals surface area contributed by atoms with Gasteiger partial charge in [0.2, 0.25) is 5.82 Å². The number of benzene rings is 1. The van der Waals surface area contributed by atoms with Crippen LogP contribution in [0.15, 0.2) is 48.6 Å². The maximum absolute atomic E-state index is 12.5. The van der Waals surface area contributed by atoms with E-state index in [1.807, 2.05) is 0 Å². The molecule has 146 valence electrons. The molecule has 0 atom stereocenters. The van der Waals surface area contributed by atoms with Gasteiger partial charge in [-0.1, -0.05) is 6.07 Å². The fraction of sp³-hybridized carbons (Fsp3) is 0.111. The number of rotatable bonds is 6. The molecular formula is C18H17F3N5O2+. The van der Waals surface area contributed by atoms with Gasteiger partial charge in [0.05, 0.1) is 12.6 Å². The van der Waals surface area contributed by atoms with Crippen LogP contribution in [0.1, 0.15) is 15.9 Å². The van der Waals surface area contributed by atoms with Gasteiger partial charge in [-0.3, -0.25) is 25.3 Å². The number of fused-ring (bicyclic) bond motifs is 1. The minimum atomic E-state index is -4.80. The van der Waals surface area contributed by atoms with Crippen molar-refractivity contribution in [3.63, 3.8) is 0 Å². The standard InChI is InChI=1S/C18H16F3N5O2/c1-24-16(6-15(23)18(19,20)21)26-17(28)11-3-2-10-4-12(13(7-22)9-27)8-25-14(10)5-11/h2-9,23-24H,22H2,1H3,(H,26,28)/p+1/b13-7+,16-6+,23-15?. The van der Waals surface area contributed by atoms with Gasteiger partial charge >= 0.3 is 6.18 Å². The zero-order chi connectivity index (χ0) is 20.9. The summed E-state index contributed by atoms with van der Waals surface area (Å²) in [6.07, 6.45) is -1.10. The highest BCUT2D eigenvalue weighted by atomic mass is 19.4. The SMILES string of the molecule is C[NH2+]/C(=C\C(=N)C(F)(F)F)NC(=O)c1ccc2cc(/C(C=O)=C/N)cnc2c1. The van der Waals surface area contributed by atoms with E-state index >= 15 is 0 Å². The first-order valence-corrected chi connectivity index (χ1v) is 7.95. The van der Waals surface area contributed by atoms with Gasteiger partial charge in [-0.05, 0) is 18.2 Å². The lowest BCUT2D eigenvalue weighted by Gasteiger charge is -2.09. The molecule has 0 unspecified atom stereocenters. The van der Waals surface area contributed by atoms with Crippen LogP contribution in [0, 0.1) is 5.41 Å².